The zero-order valence-corrected chi connectivity index (χ0v) is 41.8. The van der Waals surface area contributed by atoms with Gasteiger partial charge >= 0.3 is 11.9 Å². The number of aryl methyl sites for hydroxylation is 2. The summed E-state index contributed by atoms with van der Waals surface area (Å²) in [4.78, 5) is 72.0. The summed E-state index contributed by atoms with van der Waals surface area (Å²) >= 11 is 0. The molecule has 8 bridgehead atoms. The quantitative estimate of drug-likeness (QED) is 0.0433. The minimum Gasteiger partial charge on any atom is -0.466 e. The lowest BCUT2D eigenvalue weighted by molar-refractivity contribution is -0.157. The average Bonchev–Trinajstić information content (AvgIpc) is 3.99. The number of hydrogen-bond acceptors (Lipinski definition) is 9. The maximum absolute atomic E-state index is 14.5. The van der Waals surface area contributed by atoms with Gasteiger partial charge in [0.1, 0.15) is 6.61 Å². The molecular weight excluding hydrogens is 829 g/mol. The van der Waals surface area contributed by atoms with E-state index in [9.17, 15) is 24.3 Å². The number of hydrogen-bond donors (Lipinski definition) is 3. The molecule has 3 N–H and O–H groups in total. The van der Waals surface area contributed by atoms with Gasteiger partial charge in [0, 0.05) is 69.3 Å². The fourth-order valence-corrected chi connectivity index (χ4v) is 10.8. The minimum absolute atomic E-state index is 0.0278. The third-order valence-corrected chi connectivity index (χ3v) is 15.0. The first-order valence-electron chi connectivity index (χ1n) is 24.8. The molecule has 6 rings (SSSR count). The van der Waals surface area contributed by atoms with Crippen molar-refractivity contribution in [3.05, 3.63) is 80.4 Å². The number of Topliss-reactive ketones (excluding diaryl/α,β-unsaturated/α-hetero) is 2. The standard InChI is InChI=1S/C55H76N4O7/c1-13-39-34(7)41-29-46-48(38(11)60)36(9)43(57-46)27-42-35(8)40(23-24-47(61)66-26-25-33(6)22-16-21-32(5)20-15-19-31(4)18-14-17-30(2)3)51(58-42)50-52-49(53(62)55(50,64)54(63)65-12)37(10)44(59-52)28-45(39)56-41/h25,27-32,34-35,39-40,57,59,64H,13-24,26H2,1-12H3/b33-25+,41-29?,42-27?,43-27?,44-28?,45-28?,46-29?,51-50?/t31-,32-,34-,35+,39-,40+,55-/m1/s1. The van der Waals surface area contributed by atoms with Crippen molar-refractivity contribution in [3.8, 4) is 0 Å². The van der Waals surface area contributed by atoms with E-state index in [4.69, 9.17) is 19.4 Å². The number of esters is 2. The SMILES string of the molecule is CC[C@H]1c2cc3[nH]c4c(c3C)C(=O)[C@@](O)(C(=O)OC)c4c3nc(cc4[nH]c(cc(n2)[C@@H]1C)c(C(C)=O)c4C)[C@@H](C)[C@@H]3CCC(=O)OC/C=C(\C)CCC[C@H](C)CCC[C@H](C)CCCC(C)C. The molecule has 0 amide bonds. The van der Waals surface area contributed by atoms with Crippen molar-refractivity contribution < 1.29 is 33.8 Å². The molecular formula is C55H76N4O7. The van der Waals surface area contributed by atoms with Crippen LogP contribution in [0.15, 0.2) is 29.8 Å². The number of nitrogens with zero attached hydrogens (tertiary/aromatic N) is 2. The maximum Gasteiger partial charge on any atom is 0.351 e. The average molecular weight is 905 g/mol. The number of ether oxygens (including phenoxy) is 2. The van der Waals surface area contributed by atoms with Crippen LogP contribution in [0.3, 0.4) is 0 Å². The number of carbonyl (C=O) groups excluding carboxylic acids is 4. The van der Waals surface area contributed by atoms with E-state index in [0.717, 1.165) is 55.2 Å². The third-order valence-electron chi connectivity index (χ3n) is 15.0. The van der Waals surface area contributed by atoms with Crippen LogP contribution in [0.1, 0.15) is 223 Å². The second-order valence-electron chi connectivity index (χ2n) is 20.5. The van der Waals surface area contributed by atoms with Gasteiger partial charge in [-0.3, -0.25) is 24.4 Å². The van der Waals surface area contributed by atoms with E-state index in [1.807, 2.05) is 38.1 Å². The number of aromatic nitrogens is 4. The van der Waals surface area contributed by atoms with Gasteiger partial charge in [0.05, 0.1) is 29.4 Å². The van der Waals surface area contributed by atoms with E-state index in [1.165, 1.54) is 50.5 Å². The van der Waals surface area contributed by atoms with Crippen molar-refractivity contribution in [1.82, 2.24) is 19.9 Å². The summed E-state index contributed by atoms with van der Waals surface area (Å²) in [6.45, 7) is 23.1. The van der Waals surface area contributed by atoms with Crippen LogP contribution in [-0.2, 0) is 24.7 Å². The van der Waals surface area contributed by atoms with Crippen molar-refractivity contribution in [2.24, 2.45) is 17.8 Å². The zero-order chi connectivity index (χ0) is 48.2. The number of H-pyrrole nitrogens is 2. The summed E-state index contributed by atoms with van der Waals surface area (Å²) in [7, 11) is 1.14. The van der Waals surface area contributed by atoms with E-state index in [1.54, 1.807) is 13.8 Å². The van der Waals surface area contributed by atoms with E-state index >= 15 is 0 Å². The van der Waals surface area contributed by atoms with Crippen LogP contribution in [-0.4, -0.2) is 62.3 Å². The molecule has 0 saturated heterocycles. The maximum atomic E-state index is 14.5. The first kappa shape index (κ1) is 50.5. The predicted molar refractivity (Wildman–Crippen MR) is 262 cm³/mol. The molecule has 3 aromatic heterocycles. The highest BCUT2D eigenvalue weighted by Gasteiger charge is 2.57. The van der Waals surface area contributed by atoms with Gasteiger partial charge in [-0.05, 0) is 107 Å². The number of carbonyl (C=O) groups is 4. The van der Waals surface area contributed by atoms with Gasteiger partial charge in [-0.25, -0.2) is 4.79 Å². The monoisotopic (exact) mass is 905 g/mol. The number of allylic oxidation sites excluding steroid dienone is 1. The second kappa shape index (κ2) is 21.4. The smallest absolute Gasteiger partial charge is 0.351 e. The summed E-state index contributed by atoms with van der Waals surface area (Å²) in [5.74, 6) is -0.835. The lowest BCUT2D eigenvalue weighted by Crippen LogP contribution is -2.42. The first-order chi connectivity index (χ1) is 31.3. The number of aromatic amines is 2. The van der Waals surface area contributed by atoms with Crippen molar-refractivity contribution in [1.29, 1.82) is 0 Å². The van der Waals surface area contributed by atoms with Gasteiger partial charge < -0.3 is 24.5 Å². The van der Waals surface area contributed by atoms with Crippen LogP contribution in [0.4, 0.5) is 0 Å². The van der Waals surface area contributed by atoms with Crippen LogP contribution < -0.4 is 0 Å². The van der Waals surface area contributed by atoms with Crippen LogP contribution in [0.5, 0.6) is 0 Å². The molecule has 5 heterocycles. The molecule has 3 aromatic rings. The third kappa shape index (κ3) is 10.5. The fourth-order valence-electron chi connectivity index (χ4n) is 10.8. The Kier molecular flexibility index (Phi) is 16.4. The van der Waals surface area contributed by atoms with E-state index in [2.05, 4.69) is 58.4 Å². The Morgan fingerprint density at radius 2 is 1.39 bits per heavy atom. The lowest BCUT2D eigenvalue weighted by Gasteiger charge is -2.23. The largest absolute Gasteiger partial charge is 0.466 e. The van der Waals surface area contributed by atoms with Crippen molar-refractivity contribution in [2.45, 2.75) is 182 Å². The van der Waals surface area contributed by atoms with Crippen LogP contribution in [0, 0.1) is 31.6 Å². The van der Waals surface area contributed by atoms with Crippen LogP contribution in [0.2, 0.25) is 0 Å². The first-order valence-corrected chi connectivity index (χ1v) is 24.8. The highest BCUT2D eigenvalue weighted by atomic mass is 16.5. The van der Waals surface area contributed by atoms with E-state index < -0.39 is 23.3 Å². The van der Waals surface area contributed by atoms with E-state index in [0.29, 0.717) is 50.5 Å². The molecule has 2 aliphatic heterocycles. The number of rotatable bonds is 20. The molecule has 1 aliphatic carbocycles. The summed E-state index contributed by atoms with van der Waals surface area (Å²) in [5, 5.41) is 12.4. The number of ketones is 2. The van der Waals surface area contributed by atoms with Gasteiger partial charge in [0.25, 0.3) is 5.60 Å². The Morgan fingerprint density at radius 1 is 0.803 bits per heavy atom. The number of aliphatic hydroxyl groups is 1. The molecule has 11 heteroatoms. The molecule has 0 spiro atoms. The van der Waals surface area contributed by atoms with Gasteiger partial charge in [-0.2, -0.15) is 0 Å². The fraction of sp³-hybridized carbons (Fsp3) is 0.600. The normalized spacial score (nSPS) is 21.4. The van der Waals surface area contributed by atoms with E-state index in [-0.39, 0.29) is 60.1 Å². The molecule has 66 heavy (non-hydrogen) atoms. The van der Waals surface area contributed by atoms with Gasteiger partial charge in [0.15, 0.2) is 5.78 Å². The number of nitrogens with one attached hydrogen (secondary N) is 2. The number of methoxy groups -OCH3 is 1. The topological polar surface area (TPSA) is 164 Å². The molecule has 11 nitrogen and oxygen atoms in total. The summed E-state index contributed by atoms with van der Waals surface area (Å²) in [5.41, 5.74) is 5.47. The molecule has 7 atom stereocenters. The Bertz CT molecular complexity index is 2510. The molecule has 0 aromatic carbocycles. The van der Waals surface area contributed by atoms with Gasteiger partial charge in [-0.1, -0.05) is 99.0 Å². The van der Waals surface area contributed by atoms with Crippen molar-refractivity contribution in [3.63, 3.8) is 0 Å². The summed E-state index contributed by atoms with van der Waals surface area (Å²) in [6.07, 6.45) is 14.2. The van der Waals surface area contributed by atoms with Crippen molar-refractivity contribution in [2.75, 3.05) is 13.7 Å². The summed E-state index contributed by atoms with van der Waals surface area (Å²) < 4.78 is 10.9. The Balaban J connectivity index is 1.27. The highest BCUT2D eigenvalue weighted by Crippen LogP contribution is 2.50. The summed E-state index contributed by atoms with van der Waals surface area (Å²) in [6, 6.07) is 5.80. The van der Waals surface area contributed by atoms with Gasteiger partial charge in [-0.15, -0.1) is 0 Å². The molecule has 3 aliphatic rings. The minimum atomic E-state index is -2.68. The second-order valence-corrected chi connectivity index (χ2v) is 20.5. The molecule has 0 radical (unpaired) electrons. The Morgan fingerprint density at radius 3 is 2.03 bits per heavy atom. The molecule has 0 saturated carbocycles. The predicted octanol–water partition coefficient (Wildman–Crippen LogP) is 12.6. The zero-order valence-electron chi connectivity index (χ0n) is 41.8. The van der Waals surface area contributed by atoms with Crippen molar-refractivity contribution >= 4 is 45.6 Å². The Hall–Kier alpha value is -4.90. The van der Waals surface area contributed by atoms with Gasteiger partial charge in [0.2, 0.25) is 5.78 Å². The lowest BCUT2D eigenvalue weighted by atomic mass is 9.82. The molecule has 358 valence electrons. The highest BCUT2D eigenvalue weighted by molar-refractivity contribution is 6.25. The van der Waals surface area contributed by atoms with Crippen LogP contribution >= 0.6 is 0 Å². The molecule has 0 fully saturated rings. The Labute approximate surface area is 392 Å². The molecule has 0 unspecified atom stereocenters. The van der Waals surface area contributed by atoms with Crippen LogP contribution in [0.25, 0.3) is 22.1 Å². The number of fused-ring (bicyclic) bond motifs is 8.